The van der Waals surface area contributed by atoms with Crippen molar-refractivity contribution < 1.29 is 4.42 Å². The Morgan fingerprint density at radius 1 is 1.50 bits per heavy atom. The van der Waals surface area contributed by atoms with Crippen molar-refractivity contribution in [1.29, 1.82) is 0 Å². The van der Waals surface area contributed by atoms with E-state index in [2.05, 4.69) is 24.1 Å². The second kappa shape index (κ2) is 5.27. The summed E-state index contributed by atoms with van der Waals surface area (Å²) in [5.74, 6) is 0.847. The third kappa shape index (κ3) is 2.93. The molecule has 0 amide bonds. The van der Waals surface area contributed by atoms with Crippen LogP contribution in [0.1, 0.15) is 18.9 Å². The fourth-order valence-electron chi connectivity index (χ4n) is 1.43. The smallest absolute Gasteiger partial charge is 0.153 e. The first-order valence-corrected chi connectivity index (χ1v) is 6.35. The highest BCUT2D eigenvalue weighted by Crippen LogP contribution is 2.22. The predicted octanol–water partition coefficient (Wildman–Crippen LogP) is 2.94. The van der Waals surface area contributed by atoms with E-state index in [1.807, 2.05) is 17.5 Å². The number of hydrogen-bond donors (Lipinski definition) is 1. The molecule has 4 heteroatoms. The van der Waals surface area contributed by atoms with E-state index >= 15 is 0 Å². The number of aromatic nitrogens is 1. The van der Waals surface area contributed by atoms with Crippen LogP contribution in [0.3, 0.4) is 0 Å². The minimum absolute atomic E-state index is 0.532. The third-order valence-corrected chi connectivity index (χ3v) is 3.13. The molecule has 0 bridgehead atoms. The van der Waals surface area contributed by atoms with Crippen molar-refractivity contribution in [3.8, 4) is 11.5 Å². The molecule has 2 aromatic heterocycles. The van der Waals surface area contributed by atoms with Gasteiger partial charge in [0.2, 0.25) is 0 Å². The quantitative estimate of drug-likeness (QED) is 0.867. The first kappa shape index (κ1) is 11.4. The number of hydrogen-bond acceptors (Lipinski definition) is 4. The van der Waals surface area contributed by atoms with Crippen LogP contribution in [-0.2, 0) is 6.42 Å². The standard InChI is InChI=1S/C12H16N2OS/c1-9(2)13-6-5-12-14-10(8-16-12)11-4-3-7-15-11/h3-4,7-9,13H,5-6H2,1-2H3. The van der Waals surface area contributed by atoms with Crippen molar-refractivity contribution in [1.82, 2.24) is 10.3 Å². The van der Waals surface area contributed by atoms with E-state index in [-0.39, 0.29) is 0 Å². The van der Waals surface area contributed by atoms with Gasteiger partial charge in [-0.05, 0) is 12.1 Å². The van der Waals surface area contributed by atoms with Crippen LogP contribution in [0.2, 0.25) is 0 Å². The Labute approximate surface area is 99.5 Å². The van der Waals surface area contributed by atoms with E-state index in [0.717, 1.165) is 29.4 Å². The zero-order chi connectivity index (χ0) is 11.4. The van der Waals surface area contributed by atoms with Crippen LogP contribution in [0.15, 0.2) is 28.2 Å². The van der Waals surface area contributed by atoms with Crippen LogP contribution >= 0.6 is 11.3 Å². The van der Waals surface area contributed by atoms with Crippen LogP contribution in [-0.4, -0.2) is 17.6 Å². The lowest BCUT2D eigenvalue weighted by molar-refractivity contribution is 0.578. The van der Waals surface area contributed by atoms with Gasteiger partial charge in [-0.2, -0.15) is 0 Å². The largest absolute Gasteiger partial charge is 0.463 e. The SMILES string of the molecule is CC(C)NCCc1nc(-c2ccco2)cs1. The van der Waals surface area contributed by atoms with Gasteiger partial charge >= 0.3 is 0 Å². The molecule has 3 nitrogen and oxygen atoms in total. The van der Waals surface area contributed by atoms with Gasteiger partial charge in [0.05, 0.1) is 11.3 Å². The highest BCUT2D eigenvalue weighted by molar-refractivity contribution is 7.09. The van der Waals surface area contributed by atoms with Gasteiger partial charge in [-0.15, -0.1) is 11.3 Å². The van der Waals surface area contributed by atoms with Gasteiger partial charge in [0, 0.05) is 24.4 Å². The average molecular weight is 236 g/mol. The molecule has 16 heavy (non-hydrogen) atoms. The van der Waals surface area contributed by atoms with Crippen molar-refractivity contribution in [3.63, 3.8) is 0 Å². The van der Waals surface area contributed by atoms with E-state index in [4.69, 9.17) is 4.42 Å². The Hall–Kier alpha value is -1.13. The fourth-order valence-corrected chi connectivity index (χ4v) is 2.22. The molecule has 0 radical (unpaired) electrons. The third-order valence-electron chi connectivity index (χ3n) is 2.22. The zero-order valence-electron chi connectivity index (χ0n) is 9.56. The Morgan fingerprint density at radius 2 is 2.38 bits per heavy atom. The lowest BCUT2D eigenvalue weighted by Crippen LogP contribution is -2.24. The van der Waals surface area contributed by atoms with Gasteiger partial charge in [0.1, 0.15) is 5.69 Å². The normalized spacial score (nSPS) is 11.2. The molecule has 1 N–H and O–H groups in total. The Morgan fingerprint density at radius 3 is 3.06 bits per heavy atom. The van der Waals surface area contributed by atoms with E-state index < -0.39 is 0 Å². The maximum atomic E-state index is 5.30. The van der Waals surface area contributed by atoms with E-state index in [0.29, 0.717) is 6.04 Å². The molecule has 2 heterocycles. The Kier molecular flexibility index (Phi) is 3.74. The fraction of sp³-hybridized carbons (Fsp3) is 0.417. The van der Waals surface area contributed by atoms with Crippen molar-refractivity contribution in [2.45, 2.75) is 26.3 Å². The molecule has 0 saturated carbocycles. The molecule has 0 atom stereocenters. The lowest BCUT2D eigenvalue weighted by atomic mass is 10.3. The summed E-state index contributed by atoms with van der Waals surface area (Å²) in [4.78, 5) is 4.53. The number of furan rings is 1. The minimum Gasteiger partial charge on any atom is -0.463 e. The summed E-state index contributed by atoms with van der Waals surface area (Å²) in [5.41, 5.74) is 0.939. The monoisotopic (exact) mass is 236 g/mol. The second-order valence-corrected chi connectivity index (χ2v) is 4.91. The summed E-state index contributed by atoms with van der Waals surface area (Å²) in [6.45, 7) is 5.27. The number of thiazole rings is 1. The minimum atomic E-state index is 0.532. The van der Waals surface area contributed by atoms with Crippen LogP contribution in [0, 0.1) is 0 Å². The van der Waals surface area contributed by atoms with Crippen molar-refractivity contribution >= 4 is 11.3 Å². The average Bonchev–Trinajstić information content (AvgIpc) is 2.85. The molecule has 0 aliphatic carbocycles. The van der Waals surface area contributed by atoms with Gasteiger partial charge in [-0.25, -0.2) is 4.98 Å². The Balaban J connectivity index is 1.93. The molecule has 0 aliphatic rings. The van der Waals surface area contributed by atoms with Crippen molar-refractivity contribution in [2.24, 2.45) is 0 Å². The highest BCUT2D eigenvalue weighted by atomic mass is 32.1. The van der Waals surface area contributed by atoms with Gasteiger partial charge < -0.3 is 9.73 Å². The van der Waals surface area contributed by atoms with E-state index in [1.165, 1.54) is 0 Å². The molecular weight excluding hydrogens is 220 g/mol. The molecule has 2 aromatic rings. The highest BCUT2D eigenvalue weighted by Gasteiger charge is 2.06. The molecular formula is C12H16N2OS. The van der Waals surface area contributed by atoms with Crippen LogP contribution in [0.4, 0.5) is 0 Å². The van der Waals surface area contributed by atoms with Crippen molar-refractivity contribution in [3.05, 3.63) is 28.8 Å². The van der Waals surface area contributed by atoms with Gasteiger partial charge in [0.25, 0.3) is 0 Å². The van der Waals surface area contributed by atoms with Crippen LogP contribution < -0.4 is 5.32 Å². The maximum Gasteiger partial charge on any atom is 0.153 e. The molecule has 0 saturated heterocycles. The van der Waals surface area contributed by atoms with Crippen LogP contribution in [0.25, 0.3) is 11.5 Å². The van der Waals surface area contributed by atoms with Crippen LogP contribution in [0.5, 0.6) is 0 Å². The van der Waals surface area contributed by atoms with E-state index in [9.17, 15) is 0 Å². The first-order chi connectivity index (χ1) is 7.75. The van der Waals surface area contributed by atoms with E-state index in [1.54, 1.807) is 17.6 Å². The molecule has 2 rings (SSSR count). The maximum absolute atomic E-state index is 5.30. The molecule has 0 fully saturated rings. The lowest BCUT2D eigenvalue weighted by Gasteiger charge is -2.05. The topological polar surface area (TPSA) is 38.1 Å². The molecule has 0 aromatic carbocycles. The summed E-state index contributed by atoms with van der Waals surface area (Å²) in [6.07, 6.45) is 2.65. The summed E-state index contributed by atoms with van der Waals surface area (Å²) in [5, 5.41) is 6.58. The van der Waals surface area contributed by atoms with Gasteiger partial charge in [0.15, 0.2) is 5.76 Å². The molecule has 0 unspecified atom stereocenters. The molecule has 0 aliphatic heterocycles. The van der Waals surface area contributed by atoms with Gasteiger partial charge in [-0.1, -0.05) is 13.8 Å². The summed E-state index contributed by atoms with van der Waals surface area (Å²) >= 11 is 1.69. The zero-order valence-corrected chi connectivity index (χ0v) is 10.4. The summed E-state index contributed by atoms with van der Waals surface area (Å²) < 4.78 is 5.30. The molecule has 86 valence electrons. The number of rotatable bonds is 5. The predicted molar refractivity (Wildman–Crippen MR) is 66.7 cm³/mol. The van der Waals surface area contributed by atoms with Gasteiger partial charge in [-0.3, -0.25) is 0 Å². The first-order valence-electron chi connectivity index (χ1n) is 5.47. The van der Waals surface area contributed by atoms with Crippen molar-refractivity contribution in [2.75, 3.05) is 6.54 Å². The summed E-state index contributed by atoms with van der Waals surface area (Å²) in [6, 6.07) is 4.35. The molecule has 0 spiro atoms. The summed E-state index contributed by atoms with van der Waals surface area (Å²) in [7, 11) is 0. The Bertz CT molecular complexity index is 420. The second-order valence-electron chi connectivity index (χ2n) is 3.96. The number of nitrogens with zero attached hydrogens (tertiary/aromatic N) is 1. The number of nitrogens with one attached hydrogen (secondary N) is 1.